The van der Waals surface area contributed by atoms with Gasteiger partial charge in [0.1, 0.15) is 5.82 Å². The predicted octanol–water partition coefficient (Wildman–Crippen LogP) is 3.77. The van der Waals surface area contributed by atoms with Crippen LogP contribution in [0.3, 0.4) is 0 Å². The van der Waals surface area contributed by atoms with Crippen molar-refractivity contribution in [2.45, 2.75) is 45.8 Å². The summed E-state index contributed by atoms with van der Waals surface area (Å²) in [4.78, 5) is 32.0. The van der Waals surface area contributed by atoms with E-state index in [1.807, 2.05) is 18.7 Å². The van der Waals surface area contributed by atoms with E-state index in [9.17, 15) is 19.1 Å². The fraction of sp³-hybridized carbons (Fsp3) is 0.321. The average Bonchev–Trinajstić information content (AvgIpc) is 2.86. The average molecular weight is 508 g/mol. The van der Waals surface area contributed by atoms with Crippen LogP contribution in [0.25, 0.3) is 11.3 Å². The van der Waals surface area contributed by atoms with Crippen molar-refractivity contribution in [1.82, 2.24) is 20.5 Å². The second kappa shape index (κ2) is 12.3. The number of anilines is 1. The Balaban J connectivity index is 1.91. The summed E-state index contributed by atoms with van der Waals surface area (Å²) in [6, 6.07) is 6.89. The standard InChI is InChI=1S/C28H34FN5O3/c1-5-8-25(34-14-7-9-19(35)16-34)23(6-2)33-28(37)26-22(30)12-13-24(32-26)20-15-18(10-11-21(20)29)27(36)31-17(3)4/h5-6,8,10-13,15,17,19,35H,1,7,9,14,16,30H2,2-4H3,(H,31,36)(H,33,37)/b23-6+,25-8+/t19-/m0/s1. The Kier molecular flexibility index (Phi) is 9.19. The number of hydrogen-bond acceptors (Lipinski definition) is 6. The van der Waals surface area contributed by atoms with Gasteiger partial charge in [-0.05, 0) is 70.0 Å². The van der Waals surface area contributed by atoms with E-state index in [-0.39, 0.29) is 40.2 Å². The van der Waals surface area contributed by atoms with Crippen LogP contribution < -0.4 is 16.4 Å². The largest absolute Gasteiger partial charge is 0.397 e. The number of nitrogens with zero attached hydrogens (tertiary/aromatic N) is 2. The van der Waals surface area contributed by atoms with Crippen molar-refractivity contribution < 1.29 is 19.1 Å². The number of aromatic nitrogens is 1. The number of allylic oxidation sites excluding steroid dienone is 3. The van der Waals surface area contributed by atoms with Gasteiger partial charge in [0, 0.05) is 30.3 Å². The molecule has 1 aliphatic heterocycles. The molecule has 196 valence electrons. The Morgan fingerprint density at radius 3 is 2.68 bits per heavy atom. The first-order chi connectivity index (χ1) is 17.6. The lowest BCUT2D eigenvalue weighted by Gasteiger charge is -2.34. The highest BCUT2D eigenvalue weighted by molar-refractivity contribution is 5.99. The molecule has 0 bridgehead atoms. The van der Waals surface area contributed by atoms with Crippen molar-refractivity contribution in [1.29, 1.82) is 0 Å². The van der Waals surface area contributed by atoms with Crippen molar-refractivity contribution in [3.63, 3.8) is 0 Å². The van der Waals surface area contributed by atoms with Gasteiger partial charge in [0.25, 0.3) is 11.8 Å². The number of aliphatic hydroxyl groups excluding tert-OH is 1. The van der Waals surface area contributed by atoms with Gasteiger partial charge in [-0.1, -0.05) is 18.7 Å². The van der Waals surface area contributed by atoms with E-state index >= 15 is 0 Å². The molecule has 1 atom stereocenters. The minimum atomic E-state index is -0.585. The molecule has 8 nitrogen and oxygen atoms in total. The molecular formula is C28H34FN5O3. The lowest BCUT2D eigenvalue weighted by molar-refractivity contribution is 0.0875. The molecule has 0 unspecified atom stereocenters. The zero-order chi connectivity index (χ0) is 27.1. The Morgan fingerprint density at radius 1 is 1.27 bits per heavy atom. The summed E-state index contributed by atoms with van der Waals surface area (Å²) in [7, 11) is 0. The molecule has 2 amide bonds. The molecule has 2 aromatic rings. The number of nitrogens with one attached hydrogen (secondary N) is 2. The molecule has 5 N–H and O–H groups in total. The van der Waals surface area contributed by atoms with E-state index in [0.717, 1.165) is 19.4 Å². The minimum Gasteiger partial charge on any atom is -0.397 e. The molecule has 1 fully saturated rings. The number of piperidine rings is 1. The highest BCUT2D eigenvalue weighted by Crippen LogP contribution is 2.26. The number of amides is 2. The van der Waals surface area contributed by atoms with Gasteiger partial charge in [0.15, 0.2) is 5.69 Å². The van der Waals surface area contributed by atoms with Crippen LogP contribution in [-0.4, -0.2) is 52.0 Å². The van der Waals surface area contributed by atoms with Gasteiger partial charge in [-0.3, -0.25) is 9.59 Å². The maximum absolute atomic E-state index is 14.8. The topological polar surface area (TPSA) is 121 Å². The number of aliphatic hydroxyl groups is 1. The molecule has 1 aliphatic rings. The van der Waals surface area contributed by atoms with Crippen molar-refractivity contribution in [3.05, 3.63) is 83.6 Å². The summed E-state index contributed by atoms with van der Waals surface area (Å²) >= 11 is 0. The number of nitrogens with two attached hydrogens (primary N) is 1. The molecule has 2 heterocycles. The Morgan fingerprint density at radius 2 is 2.03 bits per heavy atom. The number of nitrogen functional groups attached to an aromatic ring is 1. The first-order valence-corrected chi connectivity index (χ1v) is 12.3. The number of hydrogen-bond donors (Lipinski definition) is 4. The predicted molar refractivity (Wildman–Crippen MR) is 143 cm³/mol. The number of halogens is 1. The van der Waals surface area contributed by atoms with Crippen molar-refractivity contribution in [2.24, 2.45) is 0 Å². The van der Waals surface area contributed by atoms with Gasteiger partial charge in [-0.25, -0.2) is 9.37 Å². The SMILES string of the molecule is C=C/C=C(\C(=C/C)NC(=O)c1nc(-c2cc(C(=O)NC(C)C)ccc2F)ccc1N)N1CCC[C@H](O)C1. The van der Waals surface area contributed by atoms with Gasteiger partial charge in [0.2, 0.25) is 0 Å². The summed E-state index contributed by atoms with van der Waals surface area (Å²) in [5.74, 6) is -1.50. The van der Waals surface area contributed by atoms with E-state index < -0.39 is 17.8 Å². The molecule has 0 radical (unpaired) electrons. The van der Waals surface area contributed by atoms with Crippen LogP contribution in [-0.2, 0) is 0 Å². The smallest absolute Gasteiger partial charge is 0.276 e. The van der Waals surface area contributed by atoms with Crippen LogP contribution in [0.5, 0.6) is 0 Å². The Bertz CT molecular complexity index is 1240. The summed E-state index contributed by atoms with van der Waals surface area (Å²) in [5, 5.41) is 15.7. The van der Waals surface area contributed by atoms with Gasteiger partial charge in [0.05, 0.1) is 28.9 Å². The summed E-state index contributed by atoms with van der Waals surface area (Å²) in [5.41, 5.74) is 7.84. The molecule has 3 rings (SSSR count). The van der Waals surface area contributed by atoms with Gasteiger partial charge < -0.3 is 26.4 Å². The second-order valence-electron chi connectivity index (χ2n) is 9.14. The first-order valence-electron chi connectivity index (χ1n) is 12.3. The van der Waals surface area contributed by atoms with E-state index in [1.165, 1.54) is 30.3 Å². The third-order valence-electron chi connectivity index (χ3n) is 5.89. The summed E-state index contributed by atoms with van der Waals surface area (Å²) in [6.45, 7) is 10.4. The lowest BCUT2D eigenvalue weighted by Crippen LogP contribution is -2.40. The number of β-amino-alcohol motifs (C(OH)–C–C–N with tert-alkyl or cyclic N) is 1. The molecule has 0 saturated carbocycles. The highest BCUT2D eigenvalue weighted by Gasteiger charge is 2.24. The van der Waals surface area contributed by atoms with Crippen LogP contribution in [0.4, 0.5) is 10.1 Å². The fourth-order valence-electron chi connectivity index (χ4n) is 4.13. The number of benzene rings is 1. The Hall–Kier alpha value is -3.98. The number of carbonyl (C=O) groups excluding carboxylic acids is 2. The normalized spacial score (nSPS) is 16.5. The van der Waals surface area contributed by atoms with E-state index in [0.29, 0.717) is 17.9 Å². The molecule has 37 heavy (non-hydrogen) atoms. The number of rotatable bonds is 8. The van der Waals surface area contributed by atoms with Crippen LogP contribution in [0.1, 0.15) is 54.5 Å². The maximum atomic E-state index is 14.8. The quantitative estimate of drug-likeness (QED) is 0.404. The number of pyridine rings is 1. The van der Waals surface area contributed by atoms with Gasteiger partial charge in [-0.2, -0.15) is 0 Å². The molecule has 0 spiro atoms. The zero-order valence-corrected chi connectivity index (χ0v) is 21.4. The summed E-state index contributed by atoms with van der Waals surface area (Å²) in [6.07, 6.45) is 6.20. The molecular weight excluding hydrogens is 473 g/mol. The number of likely N-dealkylation sites (tertiary alicyclic amines) is 1. The van der Waals surface area contributed by atoms with Gasteiger partial charge in [-0.15, -0.1) is 0 Å². The van der Waals surface area contributed by atoms with Crippen LogP contribution in [0.15, 0.2) is 66.5 Å². The lowest BCUT2D eigenvalue weighted by atomic mass is 10.0. The summed E-state index contributed by atoms with van der Waals surface area (Å²) < 4.78 is 14.8. The van der Waals surface area contributed by atoms with Crippen LogP contribution >= 0.6 is 0 Å². The van der Waals surface area contributed by atoms with Crippen LogP contribution in [0.2, 0.25) is 0 Å². The van der Waals surface area contributed by atoms with Crippen molar-refractivity contribution in [3.8, 4) is 11.3 Å². The van der Waals surface area contributed by atoms with Gasteiger partial charge >= 0.3 is 0 Å². The fourth-order valence-corrected chi connectivity index (χ4v) is 4.13. The molecule has 1 saturated heterocycles. The second-order valence-corrected chi connectivity index (χ2v) is 9.14. The van der Waals surface area contributed by atoms with E-state index in [1.54, 1.807) is 25.2 Å². The zero-order valence-electron chi connectivity index (χ0n) is 21.4. The monoisotopic (exact) mass is 507 g/mol. The molecule has 0 aliphatic carbocycles. The molecule has 1 aromatic carbocycles. The van der Waals surface area contributed by atoms with Crippen LogP contribution in [0, 0.1) is 5.82 Å². The van der Waals surface area contributed by atoms with Crippen molar-refractivity contribution >= 4 is 17.5 Å². The van der Waals surface area contributed by atoms with E-state index in [4.69, 9.17) is 5.73 Å². The first kappa shape index (κ1) is 27.6. The van der Waals surface area contributed by atoms with Crippen molar-refractivity contribution in [2.75, 3.05) is 18.8 Å². The maximum Gasteiger partial charge on any atom is 0.276 e. The molecule has 9 heteroatoms. The molecule has 1 aromatic heterocycles. The number of carbonyl (C=O) groups is 2. The Labute approximate surface area is 216 Å². The third kappa shape index (κ3) is 6.83. The minimum absolute atomic E-state index is 0.0752. The van der Waals surface area contributed by atoms with E-state index in [2.05, 4.69) is 22.2 Å². The highest BCUT2D eigenvalue weighted by atomic mass is 19.1. The third-order valence-corrected chi connectivity index (χ3v) is 5.89.